The molecule has 5 heteroatoms. The zero-order valence-corrected chi connectivity index (χ0v) is 19.5. The molecule has 4 saturated carbocycles. The number of aliphatic imine (C=N–C) groups is 1. The average molecular weight is 426 g/mol. The first-order valence-electron chi connectivity index (χ1n) is 11.8. The minimum atomic E-state index is 0.0582. The van der Waals surface area contributed by atoms with E-state index < -0.39 is 0 Å². The van der Waals surface area contributed by atoms with Gasteiger partial charge in [-0.1, -0.05) is 36.4 Å². The van der Waals surface area contributed by atoms with Crippen LogP contribution < -0.4 is 4.90 Å². The van der Waals surface area contributed by atoms with Crippen LogP contribution in [0.25, 0.3) is 0 Å². The Morgan fingerprint density at radius 3 is 2.27 bits per heavy atom. The summed E-state index contributed by atoms with van der Waals surface area (Å²) < 4.78 is 0. The van der Waals surface area contributed by atoms with Crippen LogP contribution in [-0.2, 0) is 4.79 Å². The van der Waals surface area contributed by atoms with E-state index in [-0.39, 0.29) is 17.6 Å². The number of thioether (sulfide) groups is 1. The molecule has 162 valence electrons. The molecule has 1 aliphatic heterocycles. The number of rotatable bonds is 5. The zero-order chi connectivity index (χ0) is 20.9. The number of amides is 1. The normalized spacial score (nSPS) is 36.0. The molecule has 1 aromatic carbocycles. The molecule has 30 heavy (non-hydrogen) atoms. The number of carbonyl (C=O) groups is 1. The monoisotopic (exact) mass is 425 g/mol. The highest BCUT2D eigenvalue weighted by atomic mass is 32.2. The quantitative estimate of drug-likeness (QED) is 0.629. The minimum absolute atomic E-state index is 0.0582. The predicted octanol–water partition coefficient (Wildman–Crippen LogP) is 5.46. The fourth-order valence-corrected chi connectivity index (χ4v) is 8.18. The fraction of sp³-hybridized carbons (Fsp3) is 0.680. The van der Waals surface area contributed by atoms with E-state index in [0.717, 1.165) is 42.2 Å². The van der Waals surface area contributed by atoms with Gasteiger partial charge in [0.1, 0.15) is 6.17 Å². The number of hydrogen-bond acceptors (Lipinski definition) is 3. The van der Waals surface area contributed by atoms with Crippen molar-refractivity contribution < 1.29 is 4.79 Å². The summed E-state index contributed by atoms with van der Waals surface area (Å²) in [5.41, 5.74) is 2.40. The van der Waals surface area contributed by atoms with Gasteiger partial charge < -0.3 is 4.90 Å². The van der Waals surface area contributed by atoms with Crippen LogP contribution in [0.4, 0.5) is 5.69 Å². The third-order valence-electron chi connectivity index (χ3n) is 7.72. The van der Waals surface area contributed by atoms with Gasteiger partial charge in [-0.05, 0) is 81.8 Å². The van der Waals surface area contributed by atoms with E-state index in [1.807, 2.05) is 16.7 Å². The van der Waals surface area contributed by atoms with Gasteiger partial charge in [0.2, 0.25) is 5.91 Å². The lowest BCUT2D eigenvalue weighted by atomic mass is 9.53. The third kappa shape index (κ3) is 3.68. The van der Waals surface area contributed by atoms with Crippen molar-refractivity contribution in [1.82, 2.24) is 4.90 Å². The van der Waals surface area contributed by atoms with Crippen LogP contribution in [-0.4, -0.2) is 40.0 Å². The fourth-order valence-electron chi connectivity index (χ4n) is 6.92. The molecule has 1 amide bonds. The van der Waals surface area contributed by atoms with E-state index in [1.54, 1.807) is 6.92 Å². The summed E-state index contributed by atoms with van der Waals surface area (Å²) in [6, 6.07) is 8.36. The van der Waals surface area contributed by atoms with Gasteiger partial charge in [0.15, 0.2) is 5.17 Å². The molecule has 0 aromatic heterocycles. The van der Waals surface area contributed by atoms with Crippen LogP contribution >= 0.6 is 11.8 Å². The van der Waals surface area contributed by atoms with Crippen molar-refractivity contribution in [3.63, 3.8) is 0 Å². The van der Waals surface area contributed by atoms with Crippen molar-refractivity contribution in [2.75, 3.05) is 17.2 Å². The molecule has 4 aliphatic carbocycles. The molecule has 0 N–H and O–H groups in total. The van der Waals surface area contributed by atoms with E-state index in [2.05, 4.69) is 43.0 Å². The maximum absolute atomic E-state index is 12.7. The standard InChI is InChI=1S/C25H35N3OS/c1-4-9-27-23(28(18(3)29)22-7-5-17(2)6-8-22)16-30-24(27)26-25-13-19-10-20(14-25)12-21(11-19)15-25/h5-8,19-21,23H,4,9-16H2,1-3H3. The summed E-state index contributed by atoms with van der Waals surface area (Å²) in [5, 5.41) is 1.20. The molecule has 4 bridgehead atoms. The number of benzene rings is 1. The molecular formula is C25H35N3OS. The lowest BCUT2D eigenvalue weighted by Crippen LogP contribution is -2.52. The second kappa shape index (κ2) is 7.89. The molecule has 4 nitrogen and oxygen atoms in total. The molecule has 1 unspecified atom stereocenters. The zero-order valence-electron chi connectivity index (χ0n) is 18.6. The Bertz CT molecular complexity index is 798. The van der Waals surface area contributed by atoms with Crippen LogP contribution in [0.1, 0.15) is 64.4 Å². The summed E-state index contributed by atoms with van der Waals surface area (Å²) in [7, 11) is 0. The largest absolute Gasteiger partial charge is 0.330 e. The summed E-state index contributed by atoms with van der Waals surface area (Å²) in [4.78, 5) is 22.7. The molecule has 6 rings (SSSR count). The SMILES string of the molecule is CCCN1C(=NC23CC4CC(CC(C4)C2)C3)SCC1N(C(C)=O)c1ccc(C)cc1. The summed E-state index contributed by atoms with van der Waals surface area (Å²) in [6.07, 6.45) is 9.35. The van der Waals surface area contributed by atoms with E-state index in [4.69, 9.17) is 4.99 Å². The van der Waals surface area contributed by atoms with Gasteiger partial charge in [-0.2, -0.15) is 0 Å². The molecule has 1 heterocycles. The van der Waals surface area contributed by atoms with E-state index in [1.165, 1.54) is 49.3 Å². The Kier molecular flexibility index (Phi) is 5.37. The van der Waals surface area contributed by atoms with Crippen molar-refractivity contribution in [3.8, 4) is 0 Å². The Morgan fingerprint density at radius 2 is 1.73 bits per heavy atom. The summed E-state index contributed by atoms with van der Waals surface area (Å²) >= 11 is 1.87. The Hall–Kier alpha value is -1.49. The first-order valence-corrected chi connectivity index (χ1v) is 12.8. The second-order valence-corrected chi connectivity index (χ2v) is 11.2. The van der Waals surface area contributed by atoms with Gasteiger partial charge >= 0.3 is 0 Å². The first kappa shape index (κ1) is 20.4. The molecule has 5 fully saturated rings. The molecule has 0 spiro atoms. The summed E-state index contributed by atoms with van der Waals surface area (Å²) in [5.74, 6) is 3.73. The van der Waals surface area contributed by atoms with Gasteiger partial charge in [0.05, 0.1) is 5.54 Å². The number of carbonyl (C=O) groups excluding carboxylic acids is 1. The van der Waals surface area contributed by atoms with E-state index >= 15 is 0 Å². The average Bonchev–Trinajstić information content (AvgIpc) is 3.04. The predicted molar refractivity (Wildman–Crippen MR) is 126 cm³/mol. The molecule has 1 aromatic rings. The highest BCUT2D eigenvalue weighted by Gasteiger charge is 2.52. The molecule has 1 atom stereocenters. The van der Waals surface area contributed by atoms with Crippen molar-refractivity contribution >= 4 is 28.5 Å². The lowest BCUT2D eigenvalue weighted by molar-refractivity contribution is -0.117. The van der Waals surface area contributed by atoms with Crippen LogP contribution in [0.2, 0.25) is 0 Å². The van der Waals surface area contributed by atoms with Crippen molar-refractivity contribution in [1.29, 1.82) is 0 Å². The van der Waals surface area contributed by atoms with Crippen LogP contribution in [0.15, 0.2) is 29.3 Å². The van der Waals surface area contributed by atoms with Gasteiger partial charge in [0, 0.05) is 24.9 Å². The molecule has 0 radical (unpaired) electrons. The Balaban J connectivity index is 1.44. The maximum atomic E-state index is 12.7. The van der Waals surface area contributed by atoms with Gasteiger partial charge in [-0.15, -0.1) is 0 Å². The molecular weight excluding hydrogens is 390 g/mol. The highest BCUT2D eigenvalue weighted by Crippen LogP contribution is 2.57. The number of hydrogen-bond donors (Lipinski definition) is 0. The number of aryl methyl sites for hydroxylation is 1. The molecule has 5 aliphatic rings. The second-order valence-electron chi connectivity index (χ2n) is 10.2. The lowest BCUT2D eigenvalue weighted by Gasteiger charge is -2.55. The first-order chi connectivity index (χ1) is 14.5. The van der Waals surface area contributed by atoms with Crippen LogP contribution in [0, 0.1) is 24.7 Å². The maximum Gasteiger partial charge on any atom is 0.225 e. The smallest absolute Gasteiger partial charge is 0.225 e. The summed E-state index contributed by atoms with van der Waals surface area (Å²) in [6.45, 7) is 6.97. The van der Waals surface area contributed by atoms with Gasteiger partial charge in [-0.3, -0.25) is 14.7 Å². The third-order valence-corrected chi connectivity index (χ3v) is 8.77. The molecule has 1 saturated heterocycles. The van der Waals surface area contributed by atoms with E-state index in [0.29, 0.717) is 0 Å². The van der Waals surface area contributed by atoms with E-state index in [9.17, 15) is 4.79 Å². The topological polar surface area (TPSA) is 35.9 Å². The van der Waals surface area contributed by atoms with Crippen LogP contribution in [0.5, 0.6) is 0 Å². The Labute approximate surface area is 185 Å². The van der Waals surface area contributed by atoms with Crippen molar-refractivity contribution in [2.24, 2.45) is 22.7 Å². The minimum Gasteiger partial charge on any atom is -0.330 e. The Morgan fingerprint density at radius 1 is 1.13 bits per heavy atom. The van der Waals surface area contributed by atoms with Gasteiger partial charge in [0.25, 0.3) is 0 Å². The van der Waals surface area contributed by atoms with Crippen molar-refractivity contribution in [2.45, 2.75) is 77.4 Å². The van der Waals surface area contributed by atoms with Crippen molar-refractivity contribution in [3.05, 3.63) is 29.8 Å². The highest BCUT2D eigenvalue weighted by molar-refractivity contribution is 8.14. The van der Waals surface area contributed by atoms with Crippen LogP contribution in [0.3, 0.4) is 0 Å². The number of anilines is 1. The number of nitrogens with zero attached hydrogens (tertiary/aromatic N) is 3. The van der Waals surface area contributed by atoms with Gasteiger partial charge in [-0.25, -0.2) is 0 Å². The number of amidine groups is 1.